The lowest BCUT2D eigenvalue weighted by Crippen LogP contribution is -2.00. The highest BCUT2D eigenvalue weighted by atomic mass is 35.5. The number of ether oxygens (including phenoxy) is 1. The van der Waals surface area contributed by atoms with Gasteiger partial charge in [-0.25, -0.2) is 9.78 Å². The van der Waals surface area contributed by atoms with E-state index in [9.17, 15) is 4.79 Å². The van der Waals surface area contributed by atoms with Crippen molar-refractivity contribution in [3.8, 4) is 10.8 Å². The Morgan fingerprint density at radius 2 is 2.15 bits per heavy atom. The Labute approximate surface area is 162 Å². The third kappa shape index (κ3) is 3.58. The molecule has 0 saturated carbocycles. The van der Waals surface area contributed by atoms with Gasteiger partial charge in [-0.2, -0.15) is 0 Å². The van der Waals surface area contributed by atoms with Crippen LogP contribution in [0.5, 0.6) is 0 Å². The van der Waals surface area contributed by atoms with Crippen molar-refractivity contribution < 1.29 is 13.9 Å². The molecule has 0 aliphatic carbocycles. The predicted molar refractivity (Wildman–Crippen MR) is 105 cm³/mol. The number of fused-ring (bicyclic) bond motifs is 1. The number of halogens is 1. The van der Waals surface area contributed by atoms with E-state index < -0.39 is 5.97 Å². The monoisotopic (exact) mass is 401 g/mol. The van der Waals surface area contributed by atoms with Crippen molar-refractivity contribution in [2.24, 2.45) is 0 Å². The van der Waals surface area contributed by atoms with Crippen LogP contribution in [0.15, 0.2) is 58.5 Å². The molecular formula is C19H12ClNO3S2. The highest BCUT2D eigenvalue weighted by Gasteiger charge is 2.10. The van der Waals surface area contributed by atoms with Gasteiger partial charge >= 0.3 is 5.97 Å². The van der Waals surface area contributed by atoms with E-state index in [1.807, 2.05) is 41.8 Å². The van der Waals surface area contributed by atoms with Crippen molar-refractivity contribution in [3.05, 3.63) is 69.7 Å². The van der Waals surface area contributed by atoms with Gasteiger partial charge in [0.2, 0.25) is 5.89 Å². The molecule has 0 bridgehead atoms. The van der Waals surface area contributed by atoms with Crippen LogP contribution in [-0.2, 0) is 16.1 Å². The molecule has 0 spiro atoms. The zero-order valence-corrected chi connectivity index (χ0v) is 15.7. The van der Waals surface area contributed by atoms with Crippen LogP contribution in [0.2, 0.25) is 5.02 Å². The molecule has 4 rings (SSSR count). The molecule has 4 nitrogen and oxygen atoms in total. The molecule has 26 heavy (non-hydrogen) atoms. The number of thiophene rings is 2. The molecule has 0 atom stereocenters. The van der Waals surface area contributed by atoms with Crippen LogP contribution < -0.4 is 0 Å². The van der Waals surface area contributed by atoms with Crippen molar-refractivity contribution in [2.75, 3.05) is 0 Å². The number of carbonyl (C=O) groups excluding carboxylic acids is 1. The second-order valence-corrected chi connectivity index (χ2v) is 7.75. The lowest BCUT2D eigenvalue weighted by molar-refractivity contribution is -0.139. The Bertz CT molecular complexity index is 1080. The summed E-state index contributed by atoms with van der Waals surface area (Å²) < 4.78 is 11.7. The Balaban J connectivity index is 1.39. The topological polar surface area (TPSA) is 52.3 Å². The maximum atomic E-state index is 11.9. The van der Waals surface area contributed by atoms with E-state index in [4.69, 9.17) is 20.8 Å². The van der Waals surface area contributed by atoms with Gasteiger partial charge in [0.1, 0.15) is 18.6 Å². The zero-order valence-electron chi connectivity index (χ0n) is 13.3. The highest BCUT2D eigenvalue weighted by Crippen LogP contribution is 2.35. The number of nitrogens with zero attached hydrogens (tertiary/aromatic N) is 1. The van der Waals surface area contributed by atoms with Crippen molar-refractivity contribution in [1.82, 2.24) is 4.98 Å². The smallest absolute Gasteiger partial charge is 0.331 e. The molecule has 3 heterocycles. The van der Waals surface area contributed by atoms with E-state index in [-0.39, 0.29) is 6.61 Å². The summed E-state index contributed by atoms with van der Waals surface area (Å²) in [4.78, 5) is 18.0. The number of hydrogen-bond acceptors (Lipinski definition) is 6. The lowest BCUT2D eigenvalue weighted by atomic mass is 10.2. The summed E-state index contributed by atoms with van der Waals surface area (Å²) in [5, 5.41) is 3.58. The third-order valence-corrected chi connectivity index (χ3v) is 6.09. The Morgan fingerprint density at radius 3 is 2.96 bits per heavy atom. The Hall–Kier alpha value is -2.41. The van der Waals surface area contributed by atoms with E-state index in [0.29, 0.717) is 16.6 Å². The fraction of sp³-hybridized carbons (Fsp3) is 0.0526. The van der Waals surface area contributed by atoms with E-state index in [1.165, 1.54) is 35.0 Å². The molecule has 0 aliphatic rings. The molecule has 0 aliphatic heterocycles. The molecular weight excluding hydrogens is 390 g/mol. The quantitative estimate of drug-likeness (QED) is 0.302. The van der Waals surface area contributed by atoms with Gasteiger partial charge in [0.15, 0.2) is 0 Å². The van der Waals surface area contributed by atoms with Crippen LogP contribution >= 0.6 is 34.3 Å². The second-order valence-electron chi connectivity index (χ2n) is 5.34. The van der Waals surface area contributed by atoms with Gasteiger partial charge in [0.25, 0.3) is 0 Å². The summed E-state index contributed by atoms with van der Waals surface area (Å²) in [6.45, 7) is 0.0538. The summed E-state index contributed by atoms with van der Waals surface area (Å²) in [5.41, 5.74) is 0.565. The van der Waals surface area contributed by atoms with Gasteiger partial charge in [-0.1, -0.05) is 35.9 Å². The maximum Gasteiger partial charge on any atom is 0.331 e. The fourth-order valence-corrected chi connectivity index (χ4v) is 4.42. The van der Waals surface area contributed by atoms with E-state index in [0.717, 1.165) is 19.8 Å². The third-order valence-electron chi connectivity index (χ3n) is 3.58. The van der Waals surface area contributed by atoms with Crippen molar-refractivity contribution in [2.45, 2.75) is 6.61 Å². The number of oxazole rings is 1. The first-order chi connectivity index (χ1) is 12.7. The van der Waals surface area contributed by atoms with Crippen molar-refractivity contribution in [3.63, 3.8) is 0 Å². The molecule has 0 fully saturated rings. The molecule has 0 N–H and O–H groups in total. The van der Waals surface area contributed by atoms with E-state index in [2.05, 4.69) is 4.98 Å². The van der Waals surface area contributed by atoms with E-state index >= 15 is 0 Å². The van der Waals surface area contributed by atoms with Crippen molar-refractivity contribution >= 4 is 56.4 Å². The number of hydrogen-bond donors (Lipinski definition) is 0. The molecule has 3 aromatic heterocycles. The Kier molecular flexibility index (Phi) is 4.88. The van der Waals surface area contributed by atoms with Gasteiger partial charge in [0.05, 0.1) is 9.90 Å². The standard InChI is InChI=1S/C19H12ClNO3S2/c20-18-13-4-1-2-5-14(13)26-15(18)7-8-17(22)23-10-12-11-24-19(21-12)16-6-3-9-25-16/h1-9,11H,10H2/b8-7+. The molecule has 130 valence electrons. The average molecular weight is 402 g/mol. The number of aromatic nitrogens is 1. The number of esters is 1. The largest absolute Gasteiger partial charge is 0.456 e. The molecule has 7 heteroatoms. The van der Waals surface area contributed by atoms with Gasteiger partial charge in [0, 0.05) is 21.0 Å². The van der Waals surface area contributed by atoms with Crippen molar-refractivity contribution in [1.29, 1.82) is 0 Å². The van der Waals surface area contributed by atoms with Crippen LogP contribution in [-0.4, -0.2) is 11.0 Å². The van der Waals surface area contributed by atoms with Crippen LogP contribution in [0.25, 0.3) is 26.9 Å². The first-order valence-electron chi connectivity index (χ1n) is 7.71. The highest BCUT2D eigenvalue weighted by molar-refractivity contribution is 7.20. The van der Waals surface area contributed by atoms with Gasteiger partial charge in [-0.3, -0.25) is 0 Å². The molecule has 0 amide bonds. The molecule has 0 unspecified atom stereocenters. The zero-order chi connectivity index (χ0) is 17.9. The molecule has 1 aromatic carbocycles. The minimum absolute atomic E-state index is 0.0538. The normalized spacial score (nSPS) is 11.4. The van der Waals surface area contributed by atoms with Crippen LogP contribution in [0.4, 0.5) is 0 Å². The van der Waals surface area contributed by atoms with Gasteiger partial charge < -0.3 is 9.15 Å². The Morgan fingerprint density at radius 1 is 1.27 bits per heavy atom. The van der Waals surface area contributed by atoms with Crippen LogP contribution in [0.1, 0.15) is 10.6 Å². The average Bonchev–Trinajstić information content (AvgIpc) is 3.39. The first kappa shape index (κ1) is 17.0. The minimum Gasteiger partial charge on any atom is -0.456 e. The number of carbonyl (C=O) groups is 1. The number of rotatable bonds is 5. The van der Waals surface area contributed by atoms with Gasteiger partial charge in [-0.15, -0.1) is 22.7 Å². The maximum absolute atomic E-state index is 11.9. The molecule has 0 saturated heterocycles. The van der Waals surface area contributed by atoms with Gasteiger partial charge in [-0.05, 0) is 23.6 Å². The first-order valence-corrected chi connectivity index (χ1v) is 9.78. The fourth-order valence-electron chi connectivity index (χ4n) is 2.36. The lowest BCUT2D eigenvalue weighted by Gasteiger charge is -1.97. The summed E-state index contributed by atoms with van der Waals surface area (Å²) >= 11 is 9.42. The summed E-state index contributed by atoms with van der Waals surface area (Å²) in [6.07, 6.45) is 4.54. The molecule has 0 radical (unpaired) electrons. The molecule has 4 aromatic rings. The van der Waals surface area contributed by atoms with Crippen LogP contribution in [0, 0.1) is 0 Å². The van der Waals surface area contributed by atoms with E-state index in [1.54, 1.807) is 6.08 Å². The predicted octanol–water partition coefficient (Wildman–Crippen LogP) is 6.03. The number of benzene rings is 1. The minimum atomic E-state index is -0.459. The summed E-state index contributed by atoms with van der Waals surface area (Å²) in [6, 6.07) is 11.7. The second kappa shape index (κ2) is 7.45. The van der Waals surface area contributed by atoms with Crippen LogP contribution in [0.3, 0.4) is 0 Å². The summed E-state index contributed by atoms with van der Waals surface area (Å²) in [7, 11) is 0. The summed E-state index contributed by atoms with van der Waals surface area (Å²) in [5.74, 6) is 0.0674. The SMILES string of the molecule is O=C(/C=C/c1sc2ccccc2c1Cl)OCc1coc(-c2cccs2)n1.